The number of aromatic nitrogens is 1. The highest BCUT2D eigenvalue weighted by atomic mass is 32.2. The van der Waals surface area contributed by atoms with Crippen LogP contribution in [0.5, 0.6) is 0 Å². The number of hydrogen-bond donors (Lipinski definition) is 2. The van der Waals surface area contributed by atoms with Crippen molar-refractivity contribution >= 4 is 11.8 Å². The van der Waals surface area contributed by atoms with E-state index in [9.17, 15) is 5.11 Å². The third-order valence-corrected chi connectivity index (χ3v) is 2.88. The maximum atomic E-state index is 9.17. The van der Waals surface area contributed by atoms with Gasteiger partial charge in [-0.3, -0.25) is 0 Å². The van der Waals surface area contributed by atoms with Gasteiger partial charge in [-0.15, -0.1) is 11.8 Å². The predicted octanol–water partition coefficient (Wildman–Crippen LogP) is 0.707. The van der Waals surface area contributed by atoms with E-state index in [1.807, 2.05) is 13.0 Å². The minimum atomic E-state index is -0.774. The molecule has 2 N–H and O–H groups in total. The van der Waals surface area contributed by atoms with Crippen LogP contribution in [0.15, 0.2) is 17.2 Å². The topological polar surface area (TPSA) is 77.1 Å². The fourth-order valence-corrected chi connectivity index (χ4v) is 1.89. The molecule has 0 saturated heterocycles. The number of nitrogens with zero attached hydrogens (tertiary/aromatic N) is 2. The van der Waals surface area contributed by atoms with Crippen LogP contribution in [0.3, 0.4) is 0 Å². The second kappa shape index (κ2) is 5.71. The average molecular weight is 224 g/mol. The molecule has 1 aromatic rings. The number of rotatable bonds is 4. The lowest BCUT2D eigenvalue weighted by Crippen LogP contribution is -2.14. The van der Waals surface area contributed by atoms with Gasteiger partial charge in [-0.25, -0.2) is 4.98 Å². The highest BCUT2D eigenvalue weighted by Gasteiger charge is 2.08. The molecule has 0 aliphatic carbocycles. The summed E-state index contributed by atoms with van der Waals surface area (Å²) in [5.41, 5.74) is 1.32. The Labute approximate surface area is 92.6 Å². The molecule has 1 atom stereocenters. The van der Waals surface area contributed by atoms with Gasteiger partial charge in [0.25, 0.3) is 0 Å². The Balaban J connectivity index is 2.75. The monoisotopic (exact) mass is 224 g/mol. The number of pyridine rings is 1. The lowest BCUT2D eigenvalue weighted by Gasteiger charge is -2.07. The van der Waals surface area contributed by atoms with Crippen molar-refractivity contribution in [2.45, 2.75) is 18.1 Å². The third kappa shape index (κ3) is 3.51. The summed E-state index contributed by atoms with van der Waals surface area (Å²) in [7, 11) is 0. The maximum Gasteiger partial charge on any atom is 0.114 e. The number of nitriles is 1. The van der Waals surface area contributed by atoms with Crippen LogP contribution in [0.25, 0.3) is 0 Å². The first kappa shape index (κ1) is 12.0. The van der Waals surface area contributed by atoms with Gasteiger partial charge in [0.1, 0.15) is 11.1 Å². The zero-order valence-corrected chi connectivity index (χ0v) is 9.16. The third-order valence-electron chi connectivity index (χ3n) is 1.74. The van der Waals surface area contributed by atoms with Crippen molar-refractivity contribution in [3.63, 3.8) is 0 Å². The second-order valence-electron chi connectivity index (χ2n) is 3.06. The lowest BCUT2D eigenvalue weighted by atomic mass is 10.3. The van der Waals surface area contributed by atoms with Crippen molar-refractivity contribution in [1.82, 2.24) is 4.98 Å². The van der Waals surface area contributed by atoms with Gasteiger partial charge in [0.05, 0.1) is 18.3 Å². The number of aryl methyl sites for hydroxylation is 1. The largest absolute Gasteiger partial charge is 0.394 e. The SMILES string of the molecule is Cc1ccc(C#N)c(SCC(O)CO)n1. The van der Waals surface area contributed by atoms with Crippen molar-refractivity contribution in [3.05, 3.63) is 23.4 Å². The van der Waals surface area contributed by atoms with Gasteiger partial charge in [0.15, 0.2) is 0 Å². The van der Waals surface area contributed by atoms with Crippen LogP contribution < -0.4 is 0 Å². The molecule has 0 aromatic carbocycles. The van der Waals surface area contributed by atoms with Crippen molar-refractivity contribution < 1.29 is 10.2 Å². The minimum absolute atomic E-state index is 0.277. The Morgan fingerprint density at radius 1 is 1.60 bits per heavy atom. The smallest absolute Gasteiger partial charge is 0.114 e. The Hall–Kier alpha value is -1.09. The summed E-state index contributed by atoms with van der Waals surface area (Å²) in [5.74, 6) is 0.335. The van der Waals surface area contributed by atoms with Crippen LogP contribution in [0, 0.1) is 18.3 Å². The van der Waals surface area contributed by atoms with Crippen molar-refractivity contribution in [2.24, 2.45) is 0 Å². The van der Waals surface area contributed by atoms with Gasteiger partial charge < -0.3 is 10.2 Å². The number of thioether (sulfide) groups is 1. The molecule has 0 spiro atoms. The van der Waals surface area contributed by atoms with E-state index in [2.05, 4.69) is 4.98 Å². The van der Waals surface area contributed by atoms with Gasteiger partial charge in [-0.2, -0.15) is 5.26 Å². The van der Waals surface area contributed by atoms with Crippen LogP contribution in [0.4, 0.5) is 0 Å². The molecule has 0 aliphatic heterocycles. The number of hydrogen-bond acceptors (Lipinski definition) is 5. The van der Waals surface area contributed by atoms with Gasteiger partial charge in [0, 0.05) is 11.4 Å². The summed E-state index contributed by atoms with van der Waals surface area (Å²) in [6.07, 6.45) is -0.774. The van der Waals surface area contributed by atoms with E-state index in [4.69, 9.17) is 10.4 Å². The summed E-state index contributed by atoms with van der Waals surface area (Å²) >= 11 is 1.27. The van der Waals surface area contributed by atoms with Crippen LogP contribution in [0.2, 0.25) is 0 Å². The molecule has 0 amide bonds. The molecule has 1 heterocycles. The lowest BCUT2D eigenvalue weighted by molar-refractivity contribution is 0.113. The van der Waals surface area contributed by atoms with Crippen molar-refractivity contribution in [3.8, 4) is 6.07 Å². The summed E-state index contributed by atoms with van der Waals surface area (Å²) in [5, 5.41) is 27.2. The highest BCUT2D eigenvalue weighted by molar-refractivity contribution is 7.99. The van der Waals surface area contributed by atoms with E-state index >= 15 is 0 Å². The van der Waals surface area contributed by atoms with Crippen LogP contribution in [0.1, 0.15) is 11.3 Å². The average Bonchev–Trinajstić information content (AvgIpc) is 2.26. The summed E-state index contributed by atoms with van der Waals surface area (Å²) in [4.78, 5) is 4.20. The quantitative estimate of drug-likeness (QED) is 0.736. The standard InChI is InChI=1S/C10H12N2O2S/c1-7-2-3-8(4-11)10(12-7)15-6-9(14)5-13/h2-3,9,13-14H,5-6H2,1H3. The number of aliphatic hydroxyl groups is 2. The Kier molecular flexibility index (Phi) is 4.56. The molecular weight excluding hydrogens is 212 g/mol. The summed E-state index contributed by atoms with van der Waals surface area (Å²) < 4.78 is 0. The molecule has 0 bridgehead atoms. The van der Waals surface area contributed by atoms with E-state index in [-0.39, 0.29) is 6.61 Å². The molecule has 0 saturated carbocycles. The van der Waals surface area contributed by atoms with E-state index in [1.54, 1.807) is 12.1 Å². The fourth-order valence-electron chi connectivity index (χ4n) is 0.956. The van der Waals surface area contributed by atoms with Crippen molar-refractivity contribution in [2.75, 3.05) is 12.4 Å². The molecule has 80 valence electrons. The van der Waals surface area contributed by atoms with Gasteiger partial charge in [-0.05, 0) is 19.1 Å². The molecule has 15 heavy (non-hydrogen) atoms. The second-order valence-corrected chi connectivity index (χ2v) is 4.07. The molecule has 1 aromatic heterocycles. The fraction of sp³-hybridized carbons (Fsp3) is 0.400. The molecular formula is C10H12N2O2S. The van der Waals surface area contributed by atoms with E-state index in [0.29, 0.717) is 16.3 Å². The highest BCUT2D eigenvalue weighted by Crippen LogP contribution is 2.20. The van der Waals surface area contributed by atoms with Crippen molar-refractivity contribution in [1.29, 1.82) is 5.26 Å². The molecule has 0 aliphatic rings. The Morgan fingerprint density at radius 3 is 2.93 bits per heavy atom. The molecule has 5 heteroatoms. The van der Waals surface area contributed by atoms with Crippen LogP contribution in [-0.4, -0.2) is 33.7 Å². The Bertz CT molecular complexity index is 376. The molecule has 1 unspecified atom stereocenters. The van der Waals surface area contributed by atoms with Gasteiger partial charge in [-0.1, -0.05) is 0 Å². The van der Waals surface area contributed by atoms with Crippen LogP contribution in [-0.2, 0) is 0 Å². The van der Waals surface area contributed by atoms with E-state index < -0.39 is 6.10 Å². The normalized spacial score (nSPS) is 12.1. The first-order valence-electron chi connectivity index (χ1n) is 4.47. The maximum absolute atomic E-state index is 9.17. The molecule has 4 nitrogen and oxygen atoms in total. The molecule has 0 radical (unpaired) electrons. The zero-order chi connectivity index (χ0) is 11.3. The molecule has 1 rings (SSSR count). The summed E-state index contributed by atoms with van der Waals surface area (Å²) in [6.45, 7) is 1.56. The van der Waals surface area contributed by atoms with Crippen LogP contribution >= 0.6 is 11.8 Å². The number of aliphatic hydroxyl groups excluding tert-OH is 2. The van der Waals surface area contributed by atoms with Gasteiger partial charge >= 0.3 is 0 Å². The first-order valence-corrected chi connectivity index (χ1v) is 5.45. The summed E-state index contributed by atoms with van der Waals surface area (Å²) in [6, 6.07) is 5.51. The molecule has 0 fully saturated rings. The minimum Gasteiger partial charge on any atom is -0.394 e. The first-order chi connectivity index (χ1) is 7.17. The Morgan fingerprint density at radius 2 is 2.33 bits per heavy atom. The van der Waals surface area contributed by atoms with E-state index in [1.165, 1.54) is 11.8 Å². The zero-order valence-electron chi connectivity index (χ0n) is 8.34. The van der Waals surface area contributed by atoms with Gasteiger partial charge in [0.2, 0.25) is 0 Å². The van der Waals surface area contributed by atoms with E-state index in [0.717, 1.165) is 5.69 Å². The predicted molar refractivity (Wildman–Crippen MR) is 57.5 cm³/mol.